The number of piperidine rings is 1. The molecule has 0 spiro atoms. The fraction of sp³-hybridized carbons (Fsp3) is 0.462. The van der Waals surface area contributed by atoms with E-state index in [2.05, 4.69) is 0 Å². The van der Waals surface area contributed by atoms with E-state index in [9.17, 15) is 13.2 Å². The van der Waals surface area contributed by atoms with Gasteiger partial charge in [-0.15, -0.1) is 0 Å². The predicted molar refractivity (Wildman–Crippen MR) is 66.3 cm³/mol. The van der Waals surface area contributed by atoms with Crippen molar-refractivity contribution in [2.45, 2.75) is 25.2 Å². The van der Waals surface area contributed by atoms with Gasteiger partial charge in [-0.25, -0.2) is 12.7 Å². The second kappa shape index (κ2) is 3.35. The average molecular weight is 265 g/mol. The van der Waals surface area contributed by atoms with Crippen LogP contribution in [-0.2, 0) is 14.8 Å². The quantitative estimate of drug-likeness (QED) is 0.815. The number of benzene rings is 1. The van der Waals surface area contributed by atoms with E-state index < -0.39 is 15.4 Å². The van der Waals surface area contributed by atoms with Crippen LogP contribution in [0.4, 0.5) is 0 Å². The fourth-order valence-corrected chi connectivity index (χ4v) is 4.13. The van der Waals surface area contributed by atoms with E-state index in [0.29, 0.717) is 6.54 Å². The highest BCUT2D eigenvalue weighted by atomic mass is 32.2. The van der Waals surface area contributed by atoms with E-state index in [1.165, 1.54) is 0 Å². The molecule has 1 aromatic rings. The highest BCUT2D eigenvalue weighted by Crippen LogP contribution is 2.59. The number of nitrogens with zero attached hydrogens (tertiary/aromatic N) is 1. The van der Waals surface area contributed by atoms with Gasteiger partial charge in [0.25, 0.3) is 10.0 Å². The van der Waals surface area contributed by atoms with Gasteiger partial charge in [-0.05, 0) is 31.4 Å². The van der Waals surface area contributed by atoms with Crippen molar-refractivity contribution in [3.05, 3.63) is 29.8 Å². The molecule has 1 aliphatic heterocycles. The summed E-state index contributed by atoms with van der Waals surface area (Å²) in [5.41, 5.74) is 0.578. The first-order valence-electron chi connectivity index (χ1n) is 5.99. The first-order valence-corrected chi connectivity index (χ1v) is 7.43. The zero-order chi connectivity index (χ0) is 13.1. The Morgan fingerprint density at radius 2 is 1.89 bits per heavy atom. The maximum Gasteiger partial charge on any atom is 0.266 e. The van der Waals surface area contributed by atoms with Gasteiger partial charge in [0.05, 0.1) is 10.3 Å². The molecule has 0 bridgehead atoms. The number of aryl methyl sites for hydroxylation is 1. The van der Waals surface area contributed by atoms with E-state index in [1.807, 2.05) is 13.8 Å². The number of amides is 1. The maximum absolute atomic E-state index is 12.4. The Bertz CT molecular complexity index is 620. The van der Waals surface area contributed by atoms with Crippen molar-refractivity contribution < 1.29 is 13.2 Å². The molecule has 96 valence electrons. The normalized spacial score (nSPS) is 30.4. The number of fused-ring (bicyclic) bond motifs is 1. The monoisotopic (exact) mass is 265 g/mol. The summed E-state index contributed by atoms with van der Waals surface area (Å²) >= 11 is 0. The van der Waals surface area contributed by atoms with Crippen molar-refractivity contribution in [2.75, 3.05) is 6.54 Å². The molecule has 1 saturated carbocycles. The third kappa shape index (κ3) is 1.43. The molecular formula is C13H15NO3S. The van der Waals surface area contributed by atoms with Gasteiger partial charge in [0, 0.05) is 6.54 Å². The van der Waals surface area contributed by atoms with Gasteiger partial charge < -0.3 is 0 Å². The fourth-order valence-electron chi connectivity index (χ4n) is 2.59. The minimum atomic E-state index is -3.66. The molecular weight excluding hydrogens is 250 g/mol. The molecule has 2 atom stereocenters. The lowest BCUT2D eigenvalue weighted by Crippen LogP contribution is -2.36. The lowest BCUT2D eigenvalue weighted by atomic mass is 10.1. The molecule has 1 aromatic carbocycles. The third-order valence-electron chi connectivity index (χ3n) is 4.12. The van der Waals surface area contributed by atoms with Crippen molar-refractivity contribution in [2.24, 2.45) is 11.3 Å². The number of rotatable bonds is 2. The molecule has 1 aliphatic carbocycles. The lowest BCUT2D eigenvalue weighted by Gasteiger charge is -2.19. The van der Waals surface area contributed by atoms with Gasteiger partial charge in [0.15, 0.2) is 0 Å². The van der Waals surface area contributed by atoms with Crippen LogP contribution in [0.3, 0.4) is 0 Å². The minimum absolute atomic E-state index is 0.200. The number of sulfonamides is 1. The number of hydrogen-bond acceptors (Lipinski definition) is 3. The topological polar surface area (TPSA) is 54.5 Å². The summed E-state index contributed by atoms with van der Waals surface area (Å²) in [4.78, 5) is 12.3. The zero-order valence-corrected chi connectivity index (χ0v) is 11.2. The molecule has 1 saturated heterocycles. The highest BCUT2D eigenvalue weighted by Gasteiger charge is 2.65. The van der Waals surface area contributed by atoms with E-state index >= 15 is 0 Å². The Morgan fingerprint density at radius 1 is 1.28 bits per heavy atom. The third-order valence-corrected chi connectivity index (χ3v) is 5.88. The van der Waals surface area contributed by atoms with Crippen molar-refractivity contribution in [1.29, 1.82) is 0 Å². The summed E-state index contributed by atoms with van der Waals surface area (Å²) in [7, 11) is -3.66. The van der Waals surface area contributed by atoms with E-state index in [0.717, 1.165) is 16.3 Å². The van der Waals surface area contributed by atoms with E-state index in [1.54, 1.807) is 24.3 Å². The van der Waals surface area contributed by atoms with Gasteiger partial charge in [-0.1, -0.05) is 24.6 Å². The highest BCUT2D eigenvalue weighted by molar-refractivity contribution is 7.89. The Kier molecular flexibility index (Phi) is 2.18. The smallest absolute Gasteiger partial charge is 0.266 e. The Hall–Kier alpha value is -1.36. The van der Waals surface area contributed by atoms with Crippen molar-refractivity contribution in [1.82, 2.24) is 4.31 Å². The summed E-state index contributed by atoms with van der Waals surface area (Å²) < 4.78 is 25.8. The van der Waals surface area contributed by atoms with Crippen LogP contribution in [0.5, 0.6) is 0 Å². The molecule has 0 aromatic heterocycles. The van der Waals surface area contributed by atoms with E-state index in [-0.39, 0.29) is 16.7 Å². The van der Waals surface area contributed by atoms with Crippen molar-refractivity contribution in [3.8, 4) is 0 Å². The predicted octanol–water partition coefficient (Wildman–Crippen LogP) is 1.55. The van der Waals surface area contributed by atoms with Crippen molar-refractivity contribution in [3.63, 3.8) is 0 Å². The van der Waals surface area contributed by atoms with Crippen LogP contribution >= 0.6 is 0 Å². The maximum atomic E-state index is 12.4. The Balaban J connectivity index is 1.97. The van der Waals surface area contributed by atoms with Crippen LogP contribution in [0.1, 0.15) is 18.9 Å². The molecule has 0 N–H and O–H groups in total. The van der Waals surface area contributed by atoms with Gasteiger partial charge in [0.2, 0.25) is 5.91 Å². The second-order valence-electron chi connectivity index (χ2n) is 5.47. The van der Waals surface area contributed by atoms with Crippen LogP contribution in [0.25, 0.3) is 0 Å². The van der Waals surface area contributed by atoms with Crippen LogP contribution in [0.2, 0.25) is 0 Å². The minimum Gasteiger partial charge on any atom is -0.273 e. The molecule has 1 amide bonds. The van der Waals surface area contributed by atoms with Crippen LogP contribution in [-0.4, -0.2) is 25.2 Å². The Labute approximate surface area is 107 Å². The molecule has 1 heterocycles. The molecule has 2 unspecified atom stereocenters. The van der Waals surface area contributed by atoms with Crippen molar-refractivity contribution >= 4 is 15.9 Å². The van der Waals surface area contributed by atoms with Gasteiger partial charge in [-0.3, -0.25) is 4.79 Å². The number of hydrogen-bond donors (Lipinski definition) is 0. The molecule has 5 heteroatoms. The summed E-state index contributed by atoms with van der Waals surface area (Å²) in [6.07, 6.45) is 0.825. The Morgan fingerprint density at radius 3 is 2.39 bits per heavy atom. The standard InChI is InChI=1S/C13H15NO3S/c1-9-3-5-11(6-4-9)18(16,17)14-8-10-7-13(10,2)12(14)15/h3-6,10H,7-8H2,1-2H3. The first-order chi connectivity index (χ1) is 8.35. The molecule has 2 fully saturated rings. The lowest BCUT2D eigenvalue weighted by molar-refractivity contribution is -0.128. The number of carbonyl (C=O) groups is 1. The van der Waals surface area contributed by atoms with Crippen LogP contribution in [0, 0.1) is 18.3 Å². The zero-order valence-electron chi connectivity index (χ0n) is 10.4. The first kappa shape index (κ1) is 11.7. The molecule has 4 nitrogen and oxygen atoms in total. The summed E-state index contributed by atoms with van der Waals surface area (Å²) in [6.45, 7) is 4.09. The van der Waals surface area contributed by atoms with Crippen LogP contribution in [0.15, 0.2) is 29.2 Å². The summed E-state index contributed by atoms with van der Waals surface area (Å²) in [5, 5.41) is 0. The van der Waals surface area contributed by atoms with E-state index in [4.69, 9.17) is 0 Å². The molecule has 2 aliphatic rings. The molecule has 18 heavy (non-hydrogen) atoms. The second-order valence-corrected chi connectivity index (χ2v) is 7.34. The average Bonchev–Trinajstić information content (AvgIpc) is 2.91. The SMILES string of the molecule is Cc1ccc(S(=O)(=O)N2CC3CC3(C)C2=O)cc1. The summed E-state index contributed by atoms with van der Waals surface area (Å²) in [5.74, 6) is -0.0294. The molecule has 0 radical (unpaired) electrons. The number of carbonyl (C=O) groups excluding carboxylic acids is 1. The summed E-state index contributed by atoms with van der Waals surface area (Å²) in [6, 6.07) is 6.61. The van der Waals surface area contributed by atoms with Gasteiger partial charge >= 0.3 is 0 Å². The van der Waals surface area contributed by atoms with Gasteiger partial charge in [-0.2, -0.15) is 0 Å². The largest absolute Gasteiger partial charge is 0.273 e. The van der Waals surface area contributed by atoms with Gasteiger partial charge in [0.1, 0.15) is 0 Å². The van der Waals surface area contributed by atoms with Crippen LogP contribution < -0.4 is 0 Å². The molecule has 3 rings (SSSR count).